The van der Waals surface area contributed by atoms with Crippen molar-refractivity contribution in [2.24, 2.45) is 5.92 Å². The molecule has 2 N–H and O–H groups in total. The average molecular weight is 187 g/mol. The molecule has 1 heterocycles. The minimum atomic E-state index is -0.206. The fourth-order valence-corrected chi connectivity index (χ4v) is 1.81. The van der Waals surface area contributed by atoms with Gasteiger partial charge in [-0.3, -0.25) is 0 Å². The van der Waals surface area contributed by atoms with Crippen molar-refractivity contribution in [3.63, 3.8) is 0 Å². The van der Waals surface area contributed by atoms with Gasteiger partial charge in [-0.25, -0.2) is 0 Å². The van der Waals surface area contributed by atoms with Crippen LogP contribution in [0.3, 0.4) is 0 Å². The predicted octanol–water partition coefficient (Wildman–Crippen LogP) is 0.460. The molecule has 0 aliphatic carbocycles. The van der Waals surface area contributed by atoms with Crippen LogP contribution in [-0.4, -0.2) is 47.0 Å². The van der Waals surface area contributed by atoms with Crippen LogP contribution in [0, 0.1) is 5.92 Å². The number of hydrogen-bond acceptors (Lipinski definition) is 3. The van der Waals surface area contributed by atoms with E-state index in [4.69, 9.17) is 0 Å². The normalized spacial score (nSPS) is 33.2. The predicted molar refractivity (Wildman–Crippen MR) is 52.5 cm³/mol. The van der Waals surface area contributed by atoms with Crippen molar-refractivity contribution in [3.8, 4) is 0 Å². The second-order valence-corrected chi connectivity index (χ2v) is 4.15. The van der Waals surface area contributed by atoms with E-state index in [9.17, 15) is 10.2 Å². The highest BCUT2D eigenvalue weighted by molar-refractivity contribution is 4.78. The molecule has 0 aromatic rings. The molecule has 1 saturated heterocycles. The topological polar surface area (TPSA) is 43.7 Å². The molecule has 13 heavy (non-hydrogen) atoms. The zero-order valence-corrected chi connectivity index (χ0v) is 8.61. The SMILES string of the molecule is CC[C@@H](O)CN1CCC(O)C(C)C1. The Morgan fingerprint density at radius 1 is 1.54 bits per heavy atom. The van der Waals surface area contributed by atoms with Crippen LogP contribution in [0.4, 0.5) is 0 Å². The maximum absolute atomic E-state index is 9.50. The van der Waals surface area contributed by atoms with E-state index in [1.165, 1.54) is 0 Å². The first-order chi connectivity index (χ1) is 6.13. The Labute approximate surface area is 80.4 Å². The minimum absolute atomic E-state index is 0.144. The molecule has 3 nitrogen and oxygen atoms in total. The molecule has 78 valence electrons. The largest absolute Gasteiger partial charge is 0.393 e. The number of aliphatic hydroxyl groups is 2. The van der Waals surface area contributed by atoms with Gasteiger partial charge < -0.3 is 15.1 Å². The van der Waals surface area contributed by atoms with Crippen LogP contribution in [0.5, 0.6) is 0 Å². The summed E-state index contributed by atoms with van der Waals surface area (Å²) < 4.78 is 0. The van der Waals surface area contributed by atoms with Gasteiger partial charge >= 0.3 is 0 Å². The van der Waals surface area contributed by atoms with Crippen LogP contribution in [0.1, 0.15) is 26.7 Å². The van der Waals surface area contributed by atoms with E-state index < -0.39 is 0 Å². The van der Waals surface area contributed by atoms with Crippen molar-refractivity contribution in [2.45, 2.75) is 38.9 Å². The maximum atomic E-state index is 9.50. The highest BCUT2D eigenvalue weighted by Gasteiger charge is 2.24. The standard InChI is InChI=1S/C10H21NO2/c1-3-9(12)7-11-5-4-10(13)8(2)6-11/h8-10,12-13H,3-7H2,1-2H3/t8?,9-,10?/m1/s1. The second-order valence-electron chi connectivity index (χ2n) is 4.15. The zero-order valence-electron chi connectivity index (χ0n) is 8.61. The molecule has 1 aliphatic heterocycles. The van der Waals surface area contributed by atoms with Crippen molar-refractivity contribution >= 4 is 0 Å². The minimum Gasteiger partial charge on any atom is -0.393 e. The van der Waals surface area contributed by atoms with Gasteiger partial charge in [0.1, 0.15) is 0 Å². The van der Waals surface area contributed by atoms with E-state index in [1.807, 2.05) is 6.92 Å². The number of aliphatic hydroxyl groups excluding tert-OH is 2. The third-order valence-electron chi connectivity index (χ3n) is 2.88. The molecule has 2 unspecified atom stereocenters. The van der Waals surface area contributed by atoms with E-state index in [1.54, 1.807) is 0 Å². The Hall–Kier alpha value is -0.120. The van der Waals surface area contributed by atoms with Crippen LogP contribution in [0.2, 0.25) is 0 Å². The Morgan fingerprint density at radius 2 is 2.23 bits per heavy atom. The molecule has 0 aromatic heterocycles. The van der Waals surface area contributed by atoms with E-state index in [0.717, 1.165) is 32.5 Å². The molecule has 1 rings (SSSR count). The van der Waals surface area contributed by atoms with Gasteiger partial charge in [-0.15, -0.1) is 0 Å². The molecular formula is C10H21NO2. The summed E-state index contributed by atoms with van der Waals surface area (Å²) in [7, 11) is 0. The lowest BCUT2D eigenvalue weighted by Gasteiger charge is -2.35. The molecule has 3 atom stereocenters. The third-order valence-corrected chi connectivity index (χ3v) is 2.88. The molecule has 3 heteroatoms. The van der Waals surface area contributed by atoms with Gasteiger partial charge in [0.2, 0.25) is 0 Å². The number of piperidine rings is 1. The number of rotatable bonds is 3. The Morgan fingerprint density at radius 3 is 2.77 bits per heavy atom. The van der Waals surface area contributed by atoms with Gasteiger partial charge in [-0.2, -0.15) is 0 Å². The quantitative estimate of drug-likeness (QED) is 0.674. The van der Waals surface area contributed by atoms with E-state index in [0.29, 0.717) is 5.92 Å². The van der Waals surface area contributed by atoms with Crippen LogP contribution in [0.25, 0.3) is 0 Å². The summed E-state index contributed by atoms with van der Waals surface area (Å²) in [6, 6.07) is 0. The lowest BCUT2D eigenvalue weighted by molar-refractivity contribution is 0.0145. The summed E-state index contributed by atoms with van der Waals surface area (Å²) in [5.74, 6) is 0.345. The van der Waals surface area contributed by atoms with Gasteiger partial charge in [0.15, 0.2) is 0 Å². The van der Waals surface area contributed by atoms with Crippen molar-refractivity contribution in [3.05, 3.63) is 0 Å². The van der Waals surface area contributed by atoms with Crippen LogP contribution < -0.4 is 0 Å². The molecule has 0 amide bonds. The number of likely N-dealkylation sites (tertiary alicyclic amines) is 1. The smallest absolute Gasteiger partial charge is 0.0664 e. The lowest BCUT2D eigenvalue weighted by Crippen LogP contribution is -2.44. The Bertz CT molecular complexity index is 150. The monoisotopic (exact) mass is 187 g/mol. The summed E-state index contributed by atoms with van der Waals surface area (Å²) in [4.78, 5) is 2.24. The van der Waals surface area contributed by atoms with Gasteiger partial charge in [0.05, 0.1) is 12.2 Å². The number of hydrogen-bond donors (Lipinski definition) is 2. The lowest BCUT2D eigenvalue weighted by atomic mass is 9.96. The molecular weight excluding hydrogens is 166 g/mol. The molecule has 0 bridgehead atoms. The molecule has 0 spiro atoms. The number of β-amino-alcohol motifs (C(OH)–C–C–N with tert-alkyl or cyclic N) is 1. The van der Waals surface area contributed by atoms with Crippen molar-refractivity contribution in [2.75, 3.05) is 19.6 Å². The Balaban J connectivity index is 2.29. The van der Waals surface area contributed by atoms with Crippen molar-refractivity contribution in [1.29, 1.82) is 0 Å². The van der Waals surface area contributed by atoms with Crippen LogP contribution in [0.15, 0.2) is 0 Å². The summed E-state index contributed by atoms with van der Waals surface area (Å²) in [6.45, 7) is 6.65. The maximum Gasteiger partial charge on any atom is 0.0664 e. The van der Waals surface area contributed by atoms with Gasteiger partial charge in [-0.1, -0.05) is 13.8 Å². The number of nitrogens with zero attached hydrogens (tertiary/aromatic N) is 1. The fraction of sp³-hybridized carbons (Fsp3) is 1.00. The van der Waals surface area contributed by atoms with Gasteiger partial charge in [0, 0.05) is 19.6 Å². The van der Waals surface area contributed by atoms with Crippen molar-refractivity contribution in [1.82, 2.24) is 4.90 Å². The fourth-order valence-electron chi connectivity index (χ4n) is 1.81. The van der Waals surface area contributed by atoms with Crippen LogP contribution >= 0.6 is 0 Å². The average Bonchev–Trinajstić information content (AvgIpc) is 2.11. The zero-order chi connectivity index (χ0) is 9.84. The highest BCUT2D eigenvalue weighted by Crippen LogP contribution is 2.16. The first kappa shape index (κ1) is 11.0. The second kappa shape index (κ2) is 4.94. The first-order valence-corrected chi connectivity index (χ1v) is 5.22. The molecule has 1 fully saturated rings. The van der Waals surface area contributed by atoms with E-state index in [2.05, 4.69) is 11.8 Å². The first-order valence-electron chi connectivity index (χ1n) is 5.22. The molecule has 1 aliphatic rings. The molecule has 0 aromatic carbocycles. The highest BCUT2D eigenvalue weighted by atomic mass is 16.3. The van der Waals surface area contributed by atoms with E-state index in [-0.39, 0.29) is 12.2 Å². The summed E-state index contributed by atoms with van der Waals surface area (Å²) in [5.41, 5.74) is 0. The Kier molecular flexibility index (Phi) is 4.16. The summed E-state index contributed by atoms with van der Waals surface area (Å²) in [5, 5.41) is 19.0. The molecule has 0 radical (unpaired) electrons. The third kappa shape index (κ3) is 3.25. The van der Waals surface area contributed by atoms with E-state index >= 15 is 0 Å². The summed E-state index contributed by atoms with van der Waals surface area (Å²) in [6.07, 6.45) is 1.31. The van der Waals surface area contributed by atoms with Crippen molar-refractivity contribution < 1.29 is 10.2 Å². The van der Waals surface area contributed by atoms with Gasteiger partial charge in [0.25, 0.3) is 0 Å². The summed E-state index contributed by atoms with van der Waals surface area (Å²) >= 11 is 0. The molecule has 0 saturated carbocycles. The van der Waals surface area contributed by atoms with Crippen LogP contribution in [-0.2, 0) is 0 Å². The van der Waals surface area contributed by atoms with Gasteiger partial charge in [-0.05, 0) is 18.8 Å².